The van der Waals surface area contributed by atoms with Crippen LogP contribution in [0.3, 0.4) is 0 Å². The summed E-state index contributed by atoms with van der Waals surface area (Å²) in [4.78, 5) is 25.9. The Kier molecular flexibility index (Phi) is 2.11. The van der Waals surface area contributed by atoms with E-state index in [1.165, 1.54) is 4.90 Å². The Labute approximate surface area is 99.2 Å². The summed E-state index contributed by atoms with van der Waals surface area (Å²) in [5, 5.41) is 6.88. The molecule has 1 aliphatic heterocycles. The quantitative estimate of drug-likeness (QED) is 0.744. The molecule has 2 fully saturated rings. The van der Waals surface area contributed by atoms with E-state index in [2.05, 4.69) is 10.2 Å². The van der Waals surface area contributed by atoms with Gasteiger partial charge in [-0.1, -0.05) is 6.42 Å². The Hall–Kier alpha value is -1.65. The van der Waals surface area contributed by atoms with Crippen LogP contribution in [0.15, 0.2) is 0 Å². The Morgan fingerprint density at radius 3 is 2.24 bits per heavy atom. The van der Waals surface area contributed by atoms with E-state index in [4.69, 9.17) is 0 Å². The van der Waals surface area contributed by atoms with Gasteiger partial charge in [0.05, 0.1) is 28.9 Å². The van der Waals surface area contributed by atoms with Gasteiger partial charge >= 0.3 is 0 Å². The first-order valence-electron chi connectivity index (χ1n) is 6.00. The van der Waals surface area contributed by atoms with Crippen molar-refractivity contribution in [3.05, 3.63) is 11.4 Å². The highest BCUT2D eigenvalue weighted by Gasteiger charge is 2.51. The second-order valence-electron chi connectivity index (χ2n) is 4.94. The van der Waals surface area contributed by atoms with Crippen molar-refractivity contribution in [3.8, 4) is 0 Å². The number of aromatic nitrogens is 2. The average Bonchev–Trinajstić information content (AvgIpc) is 2.93. The molecule has 2 heterocycles. The molecule has 0 radical (unpaired) electrons. The summed E-state index contributed by atoms with van der Waals surface area (Å²) in [6.45, 7) is 3.65. The Morgan fingerprint density at radius 1 is 1.18 bits per heavy atom. The maximum atomic E-state index is 12.3. The lowest BCUT2D eigenvalue weighted by Crippen LogP contribution is -2.32. The van der Waals surface area contributed by atoms with Crippen LogP contribution in [-0.4, -0.2) is 22.0 Å². The van der Waals surface area contributed by atoms with Crippen molar-refractivity contribution >= 4 is 17.5 Å². The molecule has 17 heavy (non-hydrogen) atoms. The third-order valence-electron chi connectivity index (χ3n) is 3.90. The first kappa shape index (κ1) is 10.5. The molecule has 2 amide bonds. The zero-order chi connectivity index (χ0) is 12.2. The predicted octanol–water partition coefficient (Wildman–Crippen LogP) is 1.32. The van der Waals surface area contributed by atoms with E-state index in [0.717, 1.165) is 25.0 Å². The van der Waals surface area contributed by atoms with Crippen LogP contribution < -0.4 is 4.90 Å². The SMILES string of the molecule is Cc1n[nH]c(C)c1N1C(=O)C2CCCC2C1=O. The largest absolute Gasteiger partial charge is 0.280 e. The molecule has 1 N–H and O–H groups in total. The third-order valence-corrected chi connectivity index (χ3v) is 3.90. The lowest BCUT2D eigenvalue weighted by Gasteiger charge is -2.15. The molecule has 0 aromatic carbocycles. The number of hydrogen-bond donors (Lipinski definition) is 1. The van der Waals surface area contributed by atoms with E-state index in [1.807, 2.05) is 13.8 Å². The van der Waals surface area contributed by atoms with E-state index in [-0.39, 0.29) is 23.7 Å². The van der Waals surface area contributed by atoms with Gasteiger partial charge in [0.15, 0.2) is 0 Å². The van der Waals surface area contributed by atoms with Crippen molar-refractivity contribution < 1.29 is 9.59 Å². The molecule has 5 heteroatoms. The first-order chi connectivity index (χ1) is 8.11. The summed E-state index contributed by atoms with van der Waals surface area (Å²) in [6.07, 6.45) is 2.69. The summed E-state index contributed by atoms with van der Waals surface area (Å²) in [5.74, 6) is -0.248. The van der Waals surface area contributed by atoms with Crippen molar-refractivity contribution in [1.82, 2.24) is 10.2 Å². The molecule has 0 spiro atoms. The number of nitrogens with zero attached hydrogens (tertiary/aromatic N) is 2. The topological polar surface area (TPSA) is 66.1 Å². The summed E-state index contributed by atoms with van der Waals surface area (Å²) in [5.41, 5.74) is 2.16. The number of fused-ring (bicyclic) bond motifs is 1. The number of aryl methyl sites for hydroxylation is 2. The van der Waals surface area contributed by atoms with Crippen molar-refractivity contribution in [2.45, 2.75) is 33.1 Å². The molecule has 90 valence electrons. The summed E-state index contributed by atoms with van der Waals surface area (Å²) >= 11 is 0. The minimum Gasteiger partial charge on any atom is -0.280 e. The fourth-order valence-electron chi connectivity index (χ4n) is 3.09. The molecule has 1 aromatic heterocycles. The van der Waals surface area contributed by atoms with Gasteiger partial charge in [0.2, 0.25) is 11.8 Å². The van der Waals surface area contributed by atoms with Gasteiger partial charge in [-0.05, 0) is 26.7 Å². The molecular weight excluding hydrogens is 218 g/mol. The third kappa shape index (κ3) is 1.28. The van der Waals surface area contributed by atoms with Gasteiger partial charge in [0, 0.05) is 0 Å². The molecule has 2 aliphatic rings. The molecule has 3 rings (SSSR count). The number of nitrogens with one attached hydrogen (secondary N) is 1. The van der Waals surface area contributed by atoms with Crippen molar-refractivity contribution in [2.75, 3.05) is 4.90 Å². The van der Waals surface area contributed by atoms with Gasteiger partial charge in [-0.3, -0.25) is 14.7 Å². The average molecular weight is 233 g/mol. The number of anilines is 1. The van der Waals surface area contributed by atoms with Crippen LogP contribution >= 0.6 is 0 Å². The lowest BCUT2D eigenvalue weighted by atomic mass is 10.00. The highest BCUT2D eigenvalue weighted by molar-refractivity contribution is 6.22. The van der Waals surface area contributed by atoms with Crippen LogP contribution in [0.2, 0.25) is 0 Å². The van der Waals surface area contributed by atoms with Crippen LogP contribution in [0.5, 0.6) is 0 Å². The van der Waals surface area contributed by atoms with Gasteiger partial charge < -0.3 is 0 Å². The van der Waals surface area contributed by atoms with Gasteiger partial charge in [0.25, 0.3) is 0 Å². The number of carbonyl (C=O) groups is 2. The number of H-pyrrole nitrogens is 1. The highest BCUT2D eigenvalue weighted by Crippen LogP contribution is 2.42. The molecule has 1 aromatic rings. The van der Waals surface area contributed by atoms with Crippen LogP contribution in [-0.2, 0) is 9.59 Å². The second-order valence-corrected chi connectivity index (χ2v) is 4.94. The fourth-order valence-corrected chi connectivity index (χ4v) is 3.09. The fraction of sp³-hybridized carbons (Fsp3) is 0.583. The van der Waals surface area contributed by atoms with Crippen molar-refractivity contribution in [1.29, 1.82) is 0 Å². The number of carbonyl (C=O) groups excluding carboxylic acids is 2. The Balaban J connectivity index is 2.05. The van der Waals surface area contributed by atoms with E-state index in [0.29, 0.717) is 11.4 Å². The van der Waals surface area contributed by atoms with E-state index >= 15 is 0 Å². The van der Waals surface area contributed by atoms with Gasteiger partial charge in [-0.15, -0.1) is 0 Å². The molecule has 2 atom stereocenters. The molecule has 0 bridgehead atoms. The minimum absolute atomic E-state index is 0.0369. The highest BCUT2D eigenvalue weighted by atomic mass is 16.2. The maximum absolute atomic E-state index is 12.3. The van der Waals surface area contributed by atoms with Gasteiger partial charge in [-0.2, -0.15) is 5.10 Å². The second kappa shape index (κ2) is 3.42. The summed E-state index contributed by atoms with van der Waals surface area (Å²) in [6, 6.07) is 0. The molecule has 1 saturated carbocycles. The van der Waals surface area contributed by atoms with Crippen molar-refractivity contribution in [2.24, 2.45) is 11.8 Å². The monoisotopic (exact) mass is 233 g/mol. The normalized spacial score (nSPS) is 28.0. The van der Waals surface area contributed by atoms with E-state index < -0.39 is 0 Å². The van der Waals surface area contributed by atoms with Crippen LogP contribution in [0, 0.1) is 25.7 Å². The minimum atomic E-state index is -0.0869. The zero-order valence-electron chi connectivity index (χ0n) is 9.99. The zero-order valence-corrected chi connectivity index (χ0v) is 9.99. The van der Waals surface area contributed by atoms with E-state index in [9.17, 15) is 9.59 Å². The maximum Gasteiger partial charge on any atom is 0.237 e. The molecule has 5 nitrogen and oxygen atoms in total. The smallest absolute Gasteiger partial charge is 0.237 e. The molecule has 2 unspecified atom stereocenters. The lowest BCUT2D eigenvalue weighted by molar-refractivity contribution is -0.122. The van der Waals surface area contributed by atoms with Gasteiger partial charge in [0.1, 0.15) is 0 Å². The molecular formula is C12H15N3O2. The van der Waals surface area contributed by atoms with Crippen LogP contribution in [0.1, 0.15) is 30.7 Å². The first-order valence-corrected chi connectivity index (χ1v) is 6.00. The number of imide groups is 1. The summed E-state index contributed by atoms with van der Waals surface area (Å²) < 4.78 is 0. The van der Waals surface area contributed by atoms with Crippen LogP contribution in [0.25, 0.3) is 0 Å². The number of rotatable bonds is 1. The Bertz CT molecular complexity index is 464. The van der Waals surface area contributed by atoms with E-state index in [1.54, 1.807) is 0 Å². The predicted molar refractivity (Wildman–Crippen MR) is 61.4 cm³/mol. The van der Waals surface area contributed by atoms with Gasteiger partial charge in [-0.25, -0.2) is 4.90 Å². The number of hydrogen-bond acceptors (Lipinski definition) is 3. The van der Waals surface area contributed by atoms with Crippen molar-refractivity contribution in [3.63, 3.8) is 0 Å². The number of amides is 2. The Morgan fingerprint density at radius 2 is 1.76 bits per heavy atom. The number of aromatic amines is 1. The molecule has 1 aliphatic carbocycles. The van der Waals surface area contributed by atoms with Crippen LogP contribution in [0.4, 0.5) is 5.69 Å². The standard InChI is InChI=1S/C12H15N3O2/c1-6-10(7(2)14-13-6)15-11(16)8-4-3-5-9(8)12(15)17/h8-9H,3-5H2,1-2H3,(H,13,14). The summed E-state index contributed by atoms with van der Waals surface area (Å²) in [7, 11) is 0. The molecule has 1 saturated heterocycles.